The number of unbranched alkanes of at least 4 members (excludes halogenated alkanes) is 36. The summed E-state index contributed by atoms with van der Waals surface area (Å²) in [6.07, 6.45) is 52.0. The Hall–Kier alpha value is -1.83. The monoisotopic (exact) mass is 1110 g/mol. The fourth-order valence-corrected chi connectivity index (χ4v) is 9.68. The van der Waals surface area contributed by atoms with Crippen LogP contribution in [0.25, 0.3) is 0 Å². The molecule has 0 unspecified atom stereocenters. The lowest BCUT2D eigenvalue weighted by Crippen LogP contribution is -2.38. The normalized spacial score (nSPS) is 11.7. The van der Waals surface area contributed by atoms with Crippen LogP contribution in [0.2, 0.25) is 0 Å². The topological polar surface area (TPSA) is 134 Å². The van der Waals surface area contributed by atoms with E-state index in [1.165, 1.54) is 212 Å². The predicted octanol–water partition coefficient (Wildman–Crippen LogP) is 17.6. The van der Waals surface area contributed by atoms with Gasteiger partial charge in [0.25, 0.3) is 0 Å². The highest BCUT2D eigenvalue weighted by atomic mass is 16.6. The van der Waals surface area contributed by atoms with E-state index in [9.17, 15) is 14.4 Å². The molecule has 0 N–H and O–H groups in total. The first-order chi connectivity index (χ1) is 38.4. The first-order valence-corrected chi connectivity index (χ1v) is 33.4. The zero-order valence-corrected chi connectivity index (χ0v) is 51.9. The molecule has 0 bridgehead atoms. The van der Waals surface area contributed by atoms with Gasteiger partial charge in [-0.25, -0.2) is 0 Å². The number of carbonyl (C=O) groups is 3. The van der Waals surface area contributed by atoms with E-state index in [-0.39, 0.29) is 37.7 Å². The molecule has 0 saturated carbocycles. The third-order valence-corrected chi connectivity index (χ3v) is 15.0. The summed E-state index contributed by atoms with van der Waals surface area (Å²) in [7, 11) is 0. The third kappa shape index (κ3) is 58.8. The van der Waals surface area contributed by atoms with E-state index in [1.54, 1.807) is 0 Å². The van der Waals surface area contributed by atoms with Crippen LogP contribution in [0.15, 0.2) is 0 Å². The van der Waals surface area contributed by atoms with E-state index < -0.39 is 5.41 Å². The van der Waals surface area contributed by atoms with Crippen LogP contribution < -0.4 is 0 Å². The zero-order chi connectivity index (χ0) is 56.6. The molecule has 0 aromatic carbocycles. The fraction of sp³-hybridized carbons (Fsp3) is 0.955. The fourth-order valence-electron chi connectivity index (χ4n) is 9.68. The summed E-state index contributed by atoms with van der Waals surface area (Å²) in [4.78, 5) is 36.7. The summed E-state index contributed by atoms with van der Waals surface area (Å²) < 4.78 is 51.7. The van der Waals surface area contributed by atoms with Crippen LogP contribution in [0.1, 0.15) is 304 Å². The van der Waals surface area contributed by atoms with Gasteiger partial charge in [0.1, 0.15) is 19.8 Å². The Labute approximate surface area is 481 Å². The van der Waals surface area contributed by atoms with Gasteiger partial charge in [0.05, 0.1) is 79.3 Å². The van der Waals surface area contributed by atoms with Crippen LogP contribution in [0.4, 0.5) is 0 Å². The Bertz CT molecular complexity index is 1080. The second kappa shape index (κ2) is 64.3. The van der Waals surface area contributed by atoms with Gasteiger partial charge in [-0.1, -0.05) is 259 Å². The Morgan fingerprint density at radius 2 is 0.410 bits per heavy atom. The smallest absolute Gasteiger partial charge is 0.305 e. The summed E-state index contributed by atoms with van der Waals surface area (Å²) in [6, 6.07) is 0. The average molecular weight is 1110 g/mol. The molecule has 0 spiro atoms. The molecule has 0 rings (SSSR count). The average Bonchev–Trinajstić information content (AvgIpc) is 3.44. The molecule has 0 aliphatic heterocycles. The molecule has 0 atom stereocenters. The Kier molecular flexibility index (Phi) is 62.8. The standard InChI is InChI=1S/C66H128O12/c1-5-9-12-15-18-21-24-27-30-33-36-39-42-45-63(67)76-57-54-70-48-51-73-60-66(8-4,61-74-52-49-71-55-58-77-64(68)46-43-40-37-34-31-28-25-22-19-16-13-10-6-2)62-75-53-50-72-56-59-78-65(69)47-44-41-38-35-32-29-26-23-20-17-14-11-7-3/h5-62H2,1-4H3. The number of rotatable bonds is 67. The van der Waals surface area contributed by atoms with Crippen molar-refractivity contribution in [3.05, 3.63) is 0 Å². The number of hydrogen-bond donors (Lipinski definition) is 0. The van der Waals surface area contributed by atoms with Crippen molar-refractivity contribution in [3.63, 3.8) is 0 Å². The largest absolute Gasteiger partial charge is 0.463 e. The molecule has 0 aromatic heterocycles. The van der Waals surface area contributed by atoms with Gasteiger partial charge in [0, 0.05) is 24.7 Å². The van der Waals surface area contributed by atoms with Gasteiger partial charge in [0.15, 0.2) is 0 Å². The van der Waals surface area contributed by atoms with Crippen LogP contribution in [-0.2, 0) is 57.0 Å². The highest BCUT2D eigenvalue weighted by molar-refractivity contribution is 5.69. The van der Waals surface area contributed by atoms with Gasteiger partial charge in [-0.05, 0) is 25.7 Å². The second-order valence-corrected chi connectivity index (χ2v) is 22.5. The molecule has 464 valence electrons. The van der Waals surface area contributed by atoms with Crippen molar-refractivity contribution < 1.29 is 57.0 Å². The Morgan fingerprint density at radius 3 is 0.615 bits per heavy atom. The van der Waals surface area contributed by atoms with Gasteiger partial charge in [-0.3, -0.25) is 14.4 Å². The molecule has 0 amide bonds. The molecular formula is C66H128O12. The van der Waals surface area contributed by atoms with Crippen molar-refractivity contribution in [2.75, 3.05) is 99.1 Å². The minimum atomic E-state index is -0.407. The van der Waals surface area contributed by atoms with Crippen LogP contribution in [0.3, 0.4) is 0 Å². The molecule has 0 aromatic rings. The SMILES string of the molecule is CCCCCCCCCCCCCCCC(=O)OCCOCCOCC(CC)(COCCOCCOC(=O)CCCCCCCCCCCCCCC)COCCOCCOC(=O)CCCCCCCCCCCCCCC. The summed E-state index contributed by atoms with van der Waals surface area (Å²) in [5, 5.41) is 0. The predicted molar refractivity (Wildman–Crippen MR) is 321 cm³/mol. The van der Waals surface area contributed by atoms with E-state index in [1.807, 2.05) is 0 Å². The number of ether oxygens (including phenoxy) is 9. The second-order valence-electron chi connectivity index (χ2n) is 22.5. The zero-order valence-electron chi connectivity index (χ0n) is 51.9. The maximum Gasteiger partial charge on any atom is 0.305 e. The van der Waals surface area contributed by atoms with Gasteiger partial charge >= 0.3 is 17.9 Å². The molecule has 12 nitrogen and oxygen atoms in total. The molecule has 0 aliphatic rings. The van der Waals surface area contributed by atoms with Crippen molar-refractivity contribution in [1.29, 1.82) is 0 Å². The minimum Gasteiger partial charge on any atom is -0.463 e. The van der Waals surface area contributed by atoms with Gasteiger partial charge < -0.3 is 42.6 Å². The molecule has 0 aliphatic carbocycles. The summed E-state index contributed by atoms with van der Waals surface area (Å²) in [5.74, 6) is -0.461. The number of hydrogen-bond acceptors (Lipinski definition) is 12. The Morgan fingerprint density at radius 1 is 0.231 bits per heavy atom. The van der Waals surface area contributed by atoms with Crippen molar-refractivity contribution >= 4 is 17.9 Å². The molecule has 0 radical (unpaired) electrons. The highest BCUT2D eigenvalue weighted by Gasteiger charge is 2.30. The van der Waals surface area contributed by atoms with Gasteiger partial charge in [-0.2, -0.15) is 0 Å². The van der Waals surface area contributed by atoms with Crippen molar-refractivity contribution in [1.82, 2.24) is 0 Å². The summed E-state index contributed by atoms with van der Waals surface area (Å²) in [6.45, 7) is 14.2. The van der Waals surface area contributed by atoms with E-state index in [4.69, 9.17) is 42.6 Å². The van der Waals surface area contributed by atoms with Gasteiger partial charge in [0.2, 0.25) is 0 Å². The van der Waals surface area contributed by atoms with Crippen molar-refractivity contribution in [3.8, 4) is 0 Å². The highest BCUT2D eigenvalue weighted by Crippen LogP contribution is 2.24. The van der Waals surface area contributed by atoms with Crippen molar-refractivity contribution in [2.24, 2.45) is 5.41 Å². The molecular weight excluding hydrogens is 985 g/mol. The third-order valence-electron chi connectivity index (χ3n) is 15.0. The van der Waals surface area contributed by atoms with E-state index in [2.05, 4.69) is 27.7 Å². The molecule has 0 heterocycles. The Balaban J connectivity index is 4.39. The van der Waals surface area contributed by atoms with Crippen molar-refractivity contribution in [2.45, 2.75) is 304 Å². The lowest BCUT2D eigenvalue weighted by molar-refractivity contribution is -0.146. The quantitative estimate of drug-likeness (QED) is 0.0326. The van der Waals surface area contributed by atoms with Crippen LogP contribution in [0.5, 0.6) is 0 Å². The first kappa shape index (κ1) is 76.2. The molecule has 0 fully saturated rings. The summed E-state index contributed by atoms with van der Waals surface area (Å²) >= 11 is 0. The molecule has 12 heteroatoms. The van der Waals surface area contributed by atoms with Crippen LogP contribution in [-0.4, -0.2) is 117 Å². The maximum absolute atomic E-state index is 12.2. The minimum absolute atomic E-state index is 0.154. The number of carbonyl (C=O) groups excluding carboxylic acids is 3. The van der Waals surface area contributed by atoms with Crippen LogP contribution in [0, 0.1) is 5.41 Å². The number of esters is 3. The molecule has 78 heavy (non-hydrogen) atoms. The summed E-state index contributed by atoms with van der Waals surface area (Å²) in [5.41, 5.74) is -0.407. The van der Waals surface area contributed by atoms with Crippen LogP contribution >= 0.6 is 0 Å². The van der Waals surface area contributed by atoms with E-state index in [0.29, 0.717) is 98.5 Å². The lowest BCUT2D eigenvalue weighted by Gasteiger charge is -2.32. The first-order valence-electron chi connectivity index (χ1n) is 33.4. The van der Waals surface area contributed by atoms with E-state index >= 15 is 0 Å². The molecule has 0 saturated heterocycles. The maximum atomic E-state index is 12.2. The lowest BCUT2D eigenvalue weighted by atomic mass is 9.88. The van der Waals surface area contributed by atoms with Gasteiger partial charge in [-0.15, -0.1) is 0 Å². The van der Waals surface area contributed by atoms with E-state index in [0.717, 1.165) is 44.9 Å².